The number of rotatable bonds is 4. The molecule has 0 atom stereocenters. The summed E-state index contributed by atoms with van der Waals surface area (Å²) in [6.45, 7) is 0.0330. The summed E-state index contributed by atoms with van der Waals surface area (Å²) in [5.74, 6) is -1.42. The molecule has 0 radical (unpaired) electrons. The number of amides is 2. The zero-order valence-electron chi connectivity index (χ0n) is 14.4. The molecule has 6 nitrogen and oxygen atoms in total. The molecule has 28 heavy (non-hydrogen) atoms. The van der Waals surface area contributed by atoms with Crippen molar-refractivity contribution in [2.75, 3.05) is 7.11 Å². The van der Waals surface area contributed by atoms with Crippen molar-refractivity contribution in [3.8, 4) is 5.75 Å². The summed E-state index contributed by atoms with van der Waals surface area (Å²) >= 11 is 12.7. The average Bonchev–Trinajstić information content (AvgIpc) is 2.89. The number of phenols is 1. The van der Waals surface area contributed by atoms with E-state index < -0.39 is 17.1 Å². The molecule has 0 bridgehead atoms. The summed E-state index contributed by atoms with van der Waals surface area (Å²) in [6, 6.07) is 9.03. The summed E-state index contributed by atoms with van der Waals surface area (Å²) in [6.07, 6.45) is 1.47. The van der Waals surface area contributed by atoms with E-state index in [1.807, 2.05) is 0 Å². The minimum Gasteiger partial charge on any atom is -0.507 e. The van der Waals surface area contributed by atoms with Crippen LogP contribution in [-0.4, -0.2) is 34.2 Å². The number of carbonyl (C=O) groups excluding carboxylic acids is 3. The molecule has 3 rings (SSSR count). The van der Waals surface area contributed by atoms with Crippen LogP contribution in [0.1, 0.15) is 21.5 Å². The van der Waals surface area contributed by atoms with E-state index in [-0.39, 0.29) is 22.8 Å². The number of esters is 1. The van der Waals surface area contributed by atoms with Crippen LogP contribution in [0.25, 0.3) is 6.08 Å². The van der Waals surface area contributed by atoms with Crippen LogP contribution in [0.4, 0.5) is 4.79 Å². The van der Waals surface area contributed by atoms with Gasteiger partial charge in [0.2, 0.25) is 0 Å². The first-order valence-electron chi connectivity index (χ1n) is 7.90. The molecular weight excluding hydrogens is 425 g/mol. The van der Waals surface area contributed by atoms with Gasteiger partial charge in [0.1, 0.15) is 11.3 Å². The first kappa shape index (κ1) is 20.3. The molecule has 2 aromatic carbocycles. The standard InChI is InChI=1S/C19H13Cl2NO5S/c1-27-18(25)14-6-10(2-3-15(14)23)7-16-17(24)22(19(26)28-16)9-11-4-12(20)8-13(21)5-11/h2-8,23H,9H2,1H3. The Balaban J connectivity index is 1.86. The van der Waals surface area contributed by atoms with Crippen LogP contribution in [-0.2, 0) is 16.1 Å². The molecule has 1 N–H and O–H groups in total. The van der Waals surface area contributed by atoms with Gasteiger partial charge in [-0.1, -0.05) is 29.3 Å². The SMILES string of the molecule is COC(=O)c1cc(C=C2SC(=O)N(Cc3cc(Cl)cc(Cl)c3)C2=O)ccc1O. The van der Waals surface area contributed by atoms with Gasteiger partial charge in [-0.2, -0.15) is 0 Å². The number of aromatic hydroxyl groups is 1. The van der Waals surface area contributed by atoms with Gasteiger partial charge in [-0.25, -0.2) is 4.79 Å². The molecule has 0 unspecified atom stereocenters. The fourth-order valence-electron chi connectivity index (χ4n) is 2.59. The highest BCUT2D eigenvalue weighted by molar-refractivity contribution is 8.18. The minimum atomic E-state index is -0.710. The number of benzene rings is 2. The van der Waals surface area contributed by atoms with Gasteiger partial charge in [-0.3, -0.25) is 14.5 Å². The third-order valence-electron chi connectivity index (χ3n) is 3.86. The Labute approximate surface area is 174 Å². The lowest BCUT2D eigenvalue weighted by molar-refractivity contribution is -0.123. The normalized spacial score (nSPS) is 15.4. The van der Waals surface area contributed by atoms with Crippen LogP contribution in [0.5, 0.6) is 5.75 Å². The number of thioether (sulfide) groups is 1. The molecule has 0 saturated carbocycles. The number of hydrogen-bond acceptors (Lipinski definition) is 6. The smallest absolute Gasteiger partial charge is 0.341 e. The van der Waals surface area contributed by atoms with E-state index >= 15 is 0 Å². The zero-order valence-corrected chi connectivity index (χ0v) is 16.8. The Kier molecular flexibility index (Phi) is 5.98. The number of ether oxygens (including phenoxy) is 1. The van der Waals surface area contributed by atoms with E-state index in [2.05, 4.69) is 4.74 Å². The maximum absolute atomic E-state index is 12.6. The van der Waals surface area contributed by atoms with Crippen molar-refractivity contribution in [3.05, 3.63) is 68.0 Å². The number of methoxy groups -OCH3 is 1. The van der Waals surface area contributed by atoms with Crippen LogP contribution in [0.2, 0.25) is 10.0 Å². The number of carbonyl (C=O) groups is 3. The van der Waals surface area contributed by atoms with E-state index in [0.717, 1.165) is 16.7 Å². The molecule has 1 heterocycles. The highest BCUT2D eigenvalue weighted by Crippen LogP contribution is 2.34. The summed E-state index contributed by atoms with van der Waals surface area (Å²) in [4.78, 5) is 37.9. The van der Waals surface area contributed by atoms with Crippen molar-refractivity contribution in [1.29, 1.82) is 0 Å². The topological polar surface area (TPSA) is 83.9 Å². The van der Waals surface area contributed by atoms with Gasteiger partial charge >= 0.3 is 5.97 Å². The van der Waals surface area contributed by atoms with Crippen molar-refractivity contribution in [1.82, 2.24) is 4.90 Å². The Morgan fingerprint density at radius 2 is 1.86 bits per heavy atom. The summed E-state index contributed by atoms with van der Waals surface area (Å²) < 4.78 is 4.61. The number of halogens is 2. The number of phenolic OH excluding ortho intramolecular Hbond substituents is 1. The molecule has 1 aliphatic heterocycles. The summed E-state index contributed by atoms with van der Waals surface area (Å²) in [7, 11) is 1.20. The lowest BCUT2D eigenvalue weighted by atomic mass is 10.1. The zero-order chi connectivity index (χ0) is 20.4. The van der Waals surface area contributed by atoms with Crippen molar-refractivity contribution >= 4 is 58.2 Å². The highest BCUT2D eigenvalue weighted by atomic mass is 35.5. The maximum Gasteiger partial charge on any atom is 0.341 e. The van der Waals surface area contributed by atoms with Crippen LogP contribution in [0.15, 0.2) is 41.3 Å². The minimum absolute atomic E-state index is 0.0330. The fraction of sp³-hybridized carbons (Fsp3) is 0.105. The van der Waals surface area contributed by atoms with E-state index in [4.69, 9.17) is 23.2 Å². The molecule has 144 valence electrons. The molecule has 1 fully saturated rings. The molecular formula is C19H13Cl2NO5S. The quantitative estimate of drug-likeness (QED) is 0.549. The van der Waals surface area contributed by atoms with Crippen LogP contribution >= 0.6 is 35.0 Å². The van der Waals surface area contributed by atoms with Crippen LogP contribution in [0.3, 0.4) is 0 Å². The van der Waals surface area contributed by atoms with Gasteiger partial charge in [-0.05, 0) is 59.3 Å². The molecule has 0 spiro atoms. The maximum atomic E-state index is 12.6. The van der Waals surface area contributed by atoms with Gasteiger partial charge in [0, 0.05) is 10.0 Å². The molecule has 0 aliphatic carbocycles. The average molecular weight is 438 g/mol. The largest absolute Gasteiger partial charge is 0.507 e. The Bertz CT molecular complexity index is 1000. The van der Waals surface area contributed by atoms with Gasteiger partial charge < -0.3 is 9.84 Å². The molecule has 2 aromatic rings. The number of nitrogens with zero attached hydrogens (tertiary/aromatic N) is 1. The Hall–Kier alpha value is -2.48. The van der Waals surface area contributed by atoms with Gasteiger partial charge in [0.25, 0.3) is 11.1 Å². The monoisotopic (exact) mass is 437 g/mol. The lowest BCUT2D eigenvalue weighted by Gasteiger charge is -2.13. The molecule has 1 saturated heterocycles. The van der Waals surface area contributed by atoms with Crippen molar-refractivity contribution in [2.24, 2.45) is 0 Å². The van der Waals surface area contributed by atoms with E-state index in [1.165, 1.54) is 31.4 Å². The van der Waals surface area contributed by atoms with Gasteiger partial charge in [0.15, 0.2) is 0 Å². The van der Waals surface area contributed by atoms with Crippen molar-refractivity contribution in [2.45, 2.75) is 6.54 Å². The first-order valence-corrected chi connectivity index (χ1v) is 9.47. The molecule has 1 aliphatic rings. The second-order valence-corrected chi connectivity index (χ2v) is 7.68. The van der Waals surface area contributed by atoms with Crippen LogP contribution in [0, 0.1) is 0 Å². The van der Waals surface area contributed by atoms with Crippen molar-refractivity contribution < 1.29 is 24.2 Å². The van der Waals surface area contributed by atoms with Crippen LogP contribution < -0.4 is 0 Å². The predicted octanol–water partition coefficient (Wildman–Crippen LogP) is 4.72. The van der Waals surface area contributed by atoms with E-state index in [0.29, 0.717) is 21.2 Å². The number of hydrogen-bond donors (Lipinski definition) is 1. The summed E-state index contributed by atoms with van der Waals surface area (Å²) in [5, 5.41) is 10.1. The first-order chi connectivity index (χ1) is 13.3. The Morgan fingerprint density at radius 1 is 1.18 bits per heavy atom. The fourth-order valence-corrected chi connectivity index (χ4v) is 4.00. The second kappa shape index (κ2) is 8.26. The molecule has 0 aromatic heterocycles. The summed E-state index contributed by atoms with van der Waals surface area (Å²) in [5.41, 5.74) is 1.05. The lowest BCUT2D eigenvalue weighted by Crippen LogP contribution is -2.27. The third kappa shape index (κ3) is 4.32. The highest BCUT2D eigenvalue weighted by Gasteiger charge is 2.35. The predicted molar refractivity (Wildman–Crippen MR) is 107 cm³/mol. The molecule has 9 heteroatoms. The van der Waals surface area contributed by atoms with Gasteiger partial charge in [0.05, 0.1) is 18.6 Å². The second-order valence-electron chi connectivity index (χ2n) is 5.81. The van der Waals surface area contributed by atoms with E-state index in [9.17, 15) is 19.5 Å². The Morgan fingerprint density at radius 3 is 2.50 bits per heavy atom. The van der Waals surface area contributed by atoms with Crippen molar-refractivity contribution in [3.63, 3.8) is 0 Å². The number of imide groups is 1. The van der Waals surface area contributed by atoms with Gasteiger partial charge in [-0.15, -0.1) is 0 Å². The third-order valence-corrected chi connectivity index (χ3v) is 5.20. The van der Waals surface area contributed by atoms with E-state index in [1.54, 1.807) is 18.2 Å². The molecule has 2 amide bonds.